The van der Waals surface area contributed by atoms with E-state index in [1.165, 1.54) is 77.2 Å². The average Bonchev–Trinajstić information content (AvgIpc) is 2.35. The first-order chi connectivity index (χ1) is 8.68. The second-order valence-electron chi connectivity index (χ2n) is 6.29. The Morgan fingerprint density at radius 2 is 1.05 bits per heavy atom. The lowest BCUT2D eigenvalue weighted by Gasteiger charge is -2.17. The van der Waals surface area contributed by atoms with Crippen LogP contribution >= 0.6 is 0 Å². The second-order valence-corrected chi connectivity index (χ2v) is 6.29. The first-order valence-electron chi connectivity index (χ1n) is 8.50. The summed E-state index contributed by atoms with van der Waals surface area (Å²) in [7, 11) is 2.32. The molecule has 0 aliphatic rings. The third kappa shape index (κ3) is 16.2. The van der Waals surface area contributed by atoms with Crippen molar-refractivity contribution < 1.29 is 17.3 Å². The van der Waals surface area contributed by atoms with Gasteiger partial charge < -0.3 is 17.3 Å². The van der Waals surface area contributed by atoms with E-state index in [1.807, 2.05) is 0 Å². The summed E-state index contributed by atoms with van der Waals surface area (Å²) in [6, 6.07) is 0.785. The third-order valence-electron chi connectivity index (χ3n) is 4.16. The Bertz CT molecular complexity index is 159. The van der Waals surface area contributed by atoms with Crippen LogP contribution in [0.15, 0.2) is 0 Å². The molecule has 1 unspecified atom stereocenters. The average molecular weight is 292 g/mol. The molecule has 19 heavy (non-hydrogen) atoms. The van der Waals surface area contributed by atoms with Gasteiger partial charge in [-0.05, 0) is 26.7 Å². The van der Waals surface area contributed by atoms with E-state index in [4.69, 9.17) is 0 Å². The molecule has 0 aliphatic heterocycles. The van der Waals surface area contributed by atoms with Crippen LogP contribution in [0.4, 0.5) is 0 Å². The van der Waals surface area contributed by atoms with Crippen LogP contribution in [0.3, 0.4) is 0 Å². The molecule has 0 amide bonds. The summed E-state index contributed by atoms with van der Waals surface area (Å²) in [6.45, 7) is 8.27. The molecule has 0 aromatic rings. The predicted octanol–water partition coefficient (Wildman–Crippen LogP) is 1.22. The molecule has 0 aliphatic carbocycles. The third-order valence-corrected chi connectivity index (χ3v) is 4.16. The Morgan fingerprint density at radius 3 is 1.42 bits per heavy atom. The number of nitrogens with one attached hydrogen (secondary N) is 1. The quantitative estimate of drug-likeness (QED) is 0.487. The molecule has 1 N–H and O–H groups in total. The summed E-state index contributed by atoms with van der Waals surface area (Å²) in [6.07, 6.45) is 15.9. The summed E-state index contributed by atoms with van der Waals surface area (Å²) < 4.78 is 0. The van der Waals surface area contributed by atoms with E-state index in [1.54, 1.807) is 4.90 Å². The molecule has 0 aromatic heterocycles. The molecular formula is C17H38ClN. The van der Waals surface area contributed by atoms with Gasteiger partial charge in [0.1, 0.15) is 0 Å². The lowest BCUT2D eigenvalue weighted by molar-refractivity contribution is -0.902. The van der Waals surface area contributed by atoms with Gasteiger partial charge in [-0.1, -0.05) is 64.7 Å². The molecule has 0 rings (SSSR count). The van der Waals surface area contributed by atoms with Gasteiger partial charge in [-0.15, -0.1) is 0 Å². The predicted molar refractivity (Wildman–Crippen MR) is 83.4 cm³/mol. The van der Waals surface area contributed by atoms with Crippen molar-refractivity contribution in [2.45, 2.75) is 97.4 Å². The van der Waals surface area contributed by atoms with Crippen molar-refractivity contribution in [3.8, 4) is 0 Å². The van der Waals surface area contributed by atoms with Crippen molar-refractivity contribution >= 4 is 0 Å². The molecular weight excluding hydrogens is 254 g/mol. The standard InChI is InChI=1S/C17H37N.ClH/c1-5-6-7-8-9-10-11-12-13-14-15-16-18(4)17(2)3;/h17H,5-16H2,1-4H3;1H. The minimum Gasteiger partial charge on any atom is -1.00 e. The van der Waals surface area contributed by atoms with E-state index in [0.717, 1.165) is 6.04 Å². The Labute approximate surface area is 128 Å². The number of quaternary nitrogens is 1. The van der Waals surface area contributed by atoms with Crippen molar-refractivity contribution in [2.24, 2.45) is 0 Å². The van der Waals surface area contributed by atoms with Gasteiger partial charge in [-0.25, -0.2) is 0 Å². The van der Waals surface area contributed by atoms with Crippen molar-refractivity contribution in [1.29, 1.82) is 0 Å². The molecule has 1 atom stereocenters. The SMILES string of the molecule is CCCCCCCCCCCCC[NH+](C)C(C)C.[Cl-]. The molecule has 0 bridgehead atoms. The molecule has 0 heterocycles. The van der Waals surface area contributed by atoms with Gasteiger partial charge in [-0.3, -0.25) is 0 Å². The highest BCUT2D eigenvalue weighted by Gasteiger charge is 2.04. The summed E-state index contributed by atoms with van der Waals surface area (Å²) in [5, 5.41) is 0. The number of hydrogen-bond acceptors (Lipinski definition) is 0. The number of unbranched alkanes of at least 4 members (excludes halogenated alkanes) is 10. The normalized spacial score (nSPS) is 12.5. The van der Waals surface area contributed by atoms with Crippen molar-refractivity contribution in [3.63, 3.8) is 0 Å². The van der Waals surface area contributed by atoms with Gasteiger partial charge in [0, 0.05) is 0 Å². The number of hydrogen-bond donors (Lipinski definition) is 1. The summed E-state index contributed by atoms with van der Waals surface area (Å²) in [5.74, 6) is 0. The fourth-order valence-corrected chi connectivity index (χ4v) is 2.36. The maximum atomic E-state index is 2.32. The van der Waals surface area contributed by atoms with Gasteiger partial charge in [0.2, 0.25) is 0 Å². The van der Waals surface area contributed by atoms with Crippen LogP contribution in [0.5, 0.6) is 0 Å². The van der Waals surface area contributed by atoms with Gasteiger partial charge in [0.15, 0.2) is 0 Å². The van der Waals surface area contributed by atoms with Crippen molar-refractivity contribution in [1.82, 2.24) is 0 Å². The molecule has 0 aromatic carbocycles. The Kier molecular flexibility index (Phi) is 18.5. The van der Waals surface area contributed by atoms with Crippen LogP contribution in [0.25, 0.3) is 0 Å². The fourth-order valence-electron chi connectivity index (χ4n) is 2.36. The number of rotatable bonds is 13. The van der Waals surface area contributed by atoms with Crippen LogP contribution < -0.4 is 17.3 Å². The summed E-state index contributed by atoms with van der Waals surface area (Å²) in [5.41, 5.74) is 0. The van der Waals surface area contributed by atoms with Crippen LogP contribution in [0.2, 0.25) is 0 Å². The largest absolute Gasteiger partial charge is 1.00 e. The molecule has 0 radical (unpaired) electrons. The Morgan fingerprint density at radius 1 is 0.684 bits per heavy atom. The molecule has 1 nitrogen and oxygen atoms in total. The number of halogens is 1. The molecule has 0 fully saturated rings. The highest BCUT2D eigenvalue weighted by atomic mass is 35.5. The van der Waals surface area contributed by atoms with Crippen molar-refractivity contribution in [3.05, 3.63) is 0 Å². The second kappa shape index (κ2) is 16.3. The van der Waals surface area contributed by atoms with E-state index >= 15 is 0 Å². The minimum absolute atomic E-state index is 0. The zero-order chi connectivity index (χ0) is 13.6. The summed E-state index contributed by atoms with van der Waals surface area (Å²) in [4.78, 5) is 1.69. The lowest BCUT2D eigenvalue weighted by Crippen LogP contribution is -3.12. The maximum Gasteiger partial charge on any atom is 0.0815 e. The molecule has 0 saturated carbocycles. The van der Waals surface area contributed by atoms with E-state index < -0.39 is 0 Å². The topological polar surface area (TPSA) is 4.44 Å². The molecule has 2 heteroatoms. The zero-order valence-corrected chi connectivity index (χ0v) is 14.7. The zero-order valence-electron chi connectivity index (χ0n) is 13.9. The van der Waals surface area contributed by atoms with E-state index in [0.29, 0.717) is 0 Å². The summed E-state index contributed by atoms with van der Waals surface area (Å²) >= 11 is 0. The van der Waals surface area contributed by atoms with Crippen LogP contribution in [0, 0.1) is 0 Å². The Balaban J connectivity index is 0. The van der Waals surface area contributed by atoms with E-state index in [9.17, 15) is 0 Å². The highest BCUT2D eigenvalue weighted by Crippen LogP contribution is 2.10. The van der Waals surface area contributed by atoms with Crippen molar-refractivity contribution in [2.75, 3.05) is 13.6 Å². The minimum atomic E-state index is 0. The smallest absolute Gasteiger partial charge is 0.0815 e. The Hall–Kier alpha value is 0.250. The molecule has 0 spiro atoms. The lowest BCUT2D eigenvalue weighted by atomic mass is 10.1. The molecule has 118 valence electrons. The van der Waals surface area contributed by atoms with E-state index in [2.05, 4.69) is 27.8 Å². The molecule has 0 saturated heterocycles. The van der Waals surface area contributed by atoms with Gasteiger partial charge in [0.05, 0.1) is 19.6 Å². The fraction of sp³-hybridized carbons (Fsp3) is 1.00. The van der Waals surface area contributed by atoms with Gasteiger partial charge in [-0.2, -0.15) is 0 Å². The highest BCUT2D eigenvalue weighted by molar-refractivity contribution is 4.47. The monoisotopic (exact) mass is 291 g/mol. The van der Waals surface area contributed by atoms with Crippen LogP contribution in [-0.4, -0.2) is 19.6 Å². The van der Waals surface area contributed by atoms with Crippen LogP contribution in [0.1, 0.15) is 91.4 Å². The van der Waals surface area contributed by atoms with E-state index in [-0.39, 0.29) is 12.4 Å². The van der Waals surface area contributed by atoms with Gasteiger partial charge in [0.25, 0.3) is 0 Å². The first-order valence-corrected chi connectivity index (χ1v) is 8.50. The van der Waals surface area contributed by atoms with Gasteiger partial charge >= 0.3 is 0 Å². The first kappa shape index (κ1) is 21.5. The van der Waals surface area contributed by atoms with Crippen LogP contribution in [-0.2, 0) is 0 Å². The maximum absolute atomic E-state index is 2.32.